The van der Waals surface area contributed by atoms with E-state index in [1.165, 1.54) is 13.4 Å². The molecule has 0 bridgehead atoms. The number of esters is 1. The Balaban J connectivity index is 2.58. The van der Waals surface area contributed by atoms with Gasteiger partial charge in [0.15, 0.2) is 0 Å². The SMILES string of the molecule is COC(=O)C1C(OC=C(Cl)Cl)C1(C)C. The van der Waals surface area contributed by atoms with Crippen molar-refractivity contribution in [2.45, 2.75) is 20.0 Å². The molecule has 0 radical (unpaired) electrons. The summed E-state index contributed by atoms with van der Waals surface area (Å²) in [4.78, 5) is 11.3. The van der Waals surface area contributed by atoms with E-state index in [0.717, 1.165) is 0 Å². The van der Waals surface area contributed by atoms with Gasteiger partial charge in [-0.25, -0.2) is 0 Å². The molecule has 0 spiro atoms. The van der Waals surface area contributed by atoms with Gasteiger partial charge in [-0.2, -0.15) is 0 Å². The molecule has 0 N–H and O–H groups in total. The fourth-order valence-electron chi connectivity index (χ4n) is 1.52. The van der Waals surface area contributed by atoms with Crippen LogP contribution in [0.25, 0.3) is 0 Å². The normalized spacial score (nSPS) is 27.8. The molecule has 0 aromatic carbocycles. The van der Waals surface area contributed by atoms with Gasteiger partial charge in [-0.05, 0) is 0 Å². The zero-order valence-electron chi connectivity index (χ0n) is 8.21. The van der Waals surface area contributed by atoms with Crippen LogP contribution in [0.3, 0.4) is 0 Å². The predicted molar refractivity (Wildman–Crippen MR) is 53.9 cm³/mol. The predicted octanol–water partition coefficient (Wildman–Crippen LogP) is 2.48. The van der Waals surface area contributed by atoms with Gasteiger partial charge in [-0.3, -0.25) is 4.79 Å². The van der Waals surface area contributed by atoms with Crippen molar-refractivity contribution in [1.29, 1.82) is 0 Å². The first-order chi connectivity index (χ1) is 6.41. The van der Waals surface area contributed by atoms with Crippen molar-refractivity contribution in [3.8, 4) is 0 Å². The number of halogens is 2. The summed E-state index contributed by atoms with van der Waals surface area (Å²) in [6.45, 7) is 3.85. The summed E-state index contributed by atoms with van der Waals surface area (Å²) in [5.41, 5.74) is -0.215. The number of methoxy groups -OCH3 is 1. The minimum Gasteiger partial charge on any atom is -0.494 e. The molecule has 14 heavy (non-hydrogen) atoms. The molecular formula is C9H12Cl2O3. The Kier molecular flexibility index (Phi) is 3.32. The van der Waals surface area contributed by atoms with Gasteiger partial charge in [0.25, 0.3) is 0 Å². The van der Waals surface area contributed by atoms with Gasteiger partial charge in [0, 0.05) is 5.41 Å². The second-order valence-electron chi connectivity index (χ2n) is 3.79. The fraction of sp³-hybridized carbons (Fsp3) is 0.667. The lowest BCUT2D eigenvalue weighted by Gasteiger charge is -2.00. The van der Waals surface area contributed by atoms with Gasteiger partial charge in [0.1, 0.15) is 22.8 Å². The van der Waals surface area contributed by atoms with Crippen molar-refractivity contribution in [1.82, 2.24) is 0 Å². The maximum atomic E-state index is 11.3. The lowest BCUT2D eigenvalue weighted by molar-refractivity contribution is -0.143. The number of hydrogen-bond acceptors (Lipinski definition) is 3. The van der Waals surface area contributed by atoms with E-state index in [9.17, 15) is 4.79 Å². The highest BCUT2D eigenvalue weighted by atomic mass is 35.5. The van der Waals surface area contributed by atoms with Gasteiger partial charge < -0.3 is 9.47 Å². The number of hydrogen-bond donors (Lipinski definition) is 0. The van der Waals surface area contributed by atoms with Gasteiger partial charge in [0.05, 0.1) is 7.11 Å². The highest BCUT2D eigenvalue weighted by Crippen LogP contribution is 2.54. The van der Waals surface area contributed by atoms with Crippen LogP contribution in [-0.2, 0) is 14.3 Å². The first-order valence-electron chi connectivity index (χ1n) is 4.15. The van der Waals surface area contributed by atoms with Crippen molar-refractivity contribution < 1.29 is 14.3 Å². The van der Waals surface area contributed by atoms with E-state index in [1.807, 2.05) is 13.8 Å². The number of carbonyl (C=O) groups is 1. The second-order valence-corrected chi connectivity index (χ2v) is 4.79. The van der Waals surface area contributed by atoms with Gasteiger partial charge in [-0.15, -0.1) is 0 Å². The van der Waals surface area contributed by atoms with Crippen LogP contribution in [0.5, 0.6) is 0 Å². The van der Waals surface area contributed by atoms with E-state index < -0.39 is 0 Å². The second kappa shape index (κ2) is 3.99. The summed E-state index contributed by atoms with van der Waals surface area (Å²) >= 11 is 10.8. The molecule has 1 rings (SSSR count). The van der Waals surface area contributed by atoms with Gasteiger partial charge in [-0.1, -0.05) is 37.0 Å². The summed E-state index contributed by atoms with van der Waals surface area (Å²) in [5, 5.41) is 0. The molecule has 0 aromatic heterocycles. The molecule has 80 valence electrons. The Labute approximate surface area is 93.0 Å². The van der Waals surface area contributed by atoms with Crippen LogP contribution >= 0.6 is 23.2 Å². The Morgan fingerprint density at radius 1 is 1.43 bits per heavy atom. The standard InChI is InChI=1S/C9H12Cl2O3/c1-9(2)6(8(12)13-3)7(9)14-4-5(10)11/h4,6-7H,1-3H3. The molecule has 0 heterocycles. The molecule has 3 nitrogen and oxygen atoms in total. The quantitative estimate of drug-likeness (QED) is 0.560. The smallest absolute Gasteiger partial charge is 0.313 e. The highest BCUT2D eigenvalue weighted by molar-refractivity contribution is 6.55. The molecule has 0 amide bonds. The fourth-order valence-corrected chi connectivity index (χ4v) is 1.63. The van der Waals surface area contributed by atoms with E-state index >= 15 is 0 Å². The van der Waals surface area contributed by atoms with E-state index in [-0.39, 0.29) is 27.9 Å². The minimum absolute atomic E-state index is 0.0383. The molecule has 0 saturated heterocycles. The Morgan fingerprint density at radius 2 is 2.00 bits per heavy atom. The summed E-state index contributed by atoms with van der Waals surface area (Å²) in [6, 6.07) is 0. The third-order valence-corrected chi connectivity index (χ3v) is 2.67. The van der Waals surface area contributed by atoms with Crippen molar-refractivity contribution in [3.05, 3.63) is 10.8 Å². The minimum atomic E-state index is -0.265. The first-order valence-corrected chi connectivity index (χ1v) is 4.91. The van der Waals surface area contributed by atoms with Crippen LogP contribution in [0.1, 0.15) is 13.8 Å². The van der Waals surface area contributed by atoms with Gasteiger partial charge >= 0.3 is 5.97 Å². The van der Waals surface area contributed by atoms with Crippen molar-refractivity contribution in [2.24, 2.45) is 11.3 Å². The molecular weight excluding hydrogens is 227 g/mol. The Bertz CT molecular complexity index is 269. The molecule has 1 saturated carbocycles. The molecule has 1 aliphatic rings. The first kappa shape index (κ1) is 11.7. The average Bonchev–Trinajstić information content (AvgIpc) is 2.63. The molecule has 2 unspecified atom stereocenters. The molecule has 1 fully saturated rings. The lowest BCUT2D eigenvalue weighted by atomic mass is 10.1. The average molecular weight is 239 g/mol. The van der Waals surface area contributed by atoms with E-state index in [1.54, 1.807) is 0 Å². The summed E-state index contributed by atoms with van der Waals surface area (Å²) in [5.74, 6) is -0.504. The van der Waals surface area contributed by atoms with E-state index in [0.29, 0.717) is 0 Å². The monoisotopic (exact) mass is 238 g/mol. The third kappa shape index (κ3) is 2.15. The zero-order valence-corrected chi connectivity index (χ0v) is 9.72. The van der Waals surface area contributed by atoms with Crippen LogP contribution in [0.15, 0.2) is 10.8 Å². The third-order valence-electron chi connectivity index (χ3n) is 2.49. The van der Waals surface area contributed by atoms with Crippen molar-refractivity contribution >= 4 is 29.2 Å². The lowest BCUT2D eigenvalue weighted by Crippen LogP contribution is -2.08. The maximum absolute atomic E-state index is 11.3. The number of rotatable bonds is 3. The zero-order chi connectivity index (χ0) is 10.9. The van der Waals surface area contributed by atoms with Crippen LogP contribution in [0, 0.1) is 11.3 Å². The highest BCUT2D eigenvalue weighted by Gasteiger charge is 2.65. The molecule has 0 aromatic rings. The van der Waals surface area contributed by atoms with Crippen LogP contribution < -0.4 is 0 Å². The van der Waals surface area contributed by atoms with Crippen molar-refractivity contribution in [3.63, 3.8) is 0 Å². The topological polar surface area (TPSA) is 35.5 Å². The Morgan fingerprint density at radius 3 is 2.43 bits per heavy atom. The van der Waals surface area contributed by atoms with E-state index in [4.69, 9.17) is 27.9 Å². The molecule has 5 heteroatoms. The Hall–Kier alpha value is -0.410. The van der Waals surface area contributed by atoms with Gasteiger partial charge in [0.2, 0.25) is 0 Å². The summed E-state index contributed by atoms with van der Waals surface area (Å²) in [6.07, 6.45) is 1.03. The number of ether oxygens (including phenoxy) is 2. The molecule has 2 atom stereocenters. The largest absolute Gasteiger partial charge is 0.494 e. The number of carbonyl (C=O) groups excluding carboxylic acids is 1. The van der Waals surface area contributed by atoms with Crippen LogP contribution in [0.4, 0.5) is 0 Å². The molecule has 1 aliphatic carbocycles. The summed E-state index contributed by atoms with van der Waals surface area (Å²) in [7, 11) is 1.36. The van der Waals surface area contributed by atoms with E-state index in [2.05, 4.69) is 4.74 Å². The maximum Gasteiger partial charge on any atom is 0.313 e. The van der Waals surface area contributed by atoms with Crippen molar-refractivity contribution in [2.75, 3.05) is 7.11 Å². The summed E-state index contributed by atoms with van der Waals surface area (Å²) < 4.78 is 9.92. The van der Waals surface area contributed by atoms with Crippen LogP contribution in [0.2, 0.25) is 0 Å². The molecule has 0 aliphatic heterocycles. The van der Waals surface area contributed by atoms with Crippen LogP contribution in [-0.4, -0.2) is 19.2 Å².